The summed E-state index contributed by atoms with van der Waals surface area (Å²) >= 11 is 0. The van der Waals surface area contributed by atoms with E-state index in [2.05, 4.69) is 0 Å². The van der Waals surface area contributed by atoms with Crippen molar-refractivity contribution in [3.05, 3.63) is 0 Å². The monoisotopic (exact) mass is 174 g/mol. The van der Waals surface area contributed by atoms with E-state index >= 15 is 0 Å². The number of rotatable bonds is 5. The summed E-state index contributed by atoms with van der Waals surface area (Å²) in [6.07, 6.45) is 2.59. The molecule has 1 aliphatic heterocycles. The first-order chi connectivity index (χ1) is 5.84. The molecule has 1 fully saturated rings. The summed E-state index contributed by atoms with van der Waals surface area (Å²) in [5.74, 6) is 0.363. The molecule has 0 aromatic rings. The van der Waals surface area contributed by atoms with E-state index in [-0.39, 0.29) is 6.10 Å². The van der Waals surface area contributed by atoms with Crippen molar-refractivity contribution in [2.75, 3.05) is 26.9 Å². The quantitative estimate of drug-likeness (QED) is 0.627. The van der Waals surface area contributed by atoms with Crippen LogP contribution in [-0.4, -0.2) is 38.1 Å². The van der Waals surface area contributed by atoms with Gasteiger partial charge in [0.25, 0.3) is 0 Å². The molecule has 0 radical (unpaired) electrons. The Balaban J connectivity index is 2.05. The number of ether oxygens (including phenoxy) is 2. The van der Waals surface area contributed by atoms with Crippen molar-refractivity contribution in [3.8, 4) is 0 Å². The van der Waals surface area contributed by atoms with Gasteiger partial charge in [0, 0.05) is 26.2 Å². The van der Waals surface area contributed by atoms with Crippen LogP contribution in [-0.2, 0) is 9.47 Å². The first-order valence-corrected chi connectivity index (χ1v) is 4.59. The van der Waals surface area contributed by atoms with Crippen LogP contribution < -0.4 is 0 Å². The molecule has 1 saturated heterocycles. The number of hydrogen-bond acceptors (Lipinski definition) is 3. The fourth-order valence-electron chi connectivity index (χ4n) is 1.53. The number of hydrogen-bond donors (Lipinski definition) is 1. The molecule has 2 atom stereocenters. The zero-order valence-electron chi connectivity index (χ0n) is 7.66. The van der Waals surface area contributed by atoms with Crippen molar-refractivity contribution in [1.82, 2.24) is 0 Å². The Labute approximate surface area is 73.7 Å². The predicted molar refractivity (Wildman–Crippen MR) is 46.0 cm³/mol. The fourth-order valence-corrected chi connectivity index (χ4v) is 1.53. The minimum Gasteiger partial charge on any atom is -0.393 e. The summed E-state index contributed by atoms with van der Waals surface area (Å²) in [5.41, 5.74) is 0. The summed E-state index contributed by atoms with van der Waals surface area (Å²) in [6.45, 7) is 2.28. The van der Waals surface area contributed by atoms with Gasteiger partial charge in [0.2, 0.25) is 0 Å². The van der Waals surface area contributed by atoms with Gasteiger partial charge in [-0.15, -0.1) is 0 Å². The lowest BCUT2D eigenvalue weighted by atomic mass is 9.98. The van der Waals surface area contributed by atoms with Gasteiger partial charge in [-0.3, -0.25) is 0 Å². The predicted octanol–water partition coefficient (Wildman–Crippen LogP) is 0.810. The smallest absolute Gasteiger partial charge is 0.0592 e. The van der Waals surface area contributed by atoms with E-state index < -0.39 is 0 Å². The molecule has 0 saturated carbocycles. The summed E-state index contributed by atoms with van der Waals surface area (Å²) in [6, 6.07) is 0. The summed E-state index contributed by atoms with van der Waals surface area (Å²) in [5, 5.41) is 9.64. The van der Waals surface area contributed by atoms with E-state index in [1.54, 1.807) is 7.11 Å². The lowest BCUT2D eigenvalue weighted by molar-refractivity contribution is 0.0745. The molecule has 3 heteroatoms. The second-order valence-electron chi connectivity index (χ2n) is 3.33. The second kappa shape index (κ2) is 5.51. The summed E-state index contributed by atoms with van der Waals surface area (Å²) in [7, 11) is 1.69. The molecule has 1 aliphatic rings. The highest BCUT2D eigenvalue weighted by Gasteiger charge is 2.23. The molecule has 3 nitrogen and oxygen atoms in total. The Morgan fingerprint density at radius 2 is 2.50 bits per heavy atom. The average molecular weight is 174 g/mol. The normalized spacial score (nSPS) is 26.0. The van der Waals surface area contributed by atoms with Gasteiger partial charge >= 0.3 is 0 Å². The van der Waals surface area contributed by atoms with Crippen molar-refractivity contribution < 1.29 is 14.6 Å². The maximum atomic E-state index is 9.64. The Hall–Kier alpha value is -0.120. The first kappa shape index (κ1) is 9.96. The highest BCUT2D eigenvalue weighted by atomic mass is 16.5. The van der Waals surface area contributed by atoms with E-state index in [4.69, 9.17) is 9.47 Å². The van der Waals surface area contributed by atoms with Crippen LogP contribution in [0.5, 0.6) is 0 Å². The van der Waals surface area contributed by atoms with Crippen molar-refractivity contribution in [2.45, 2.75) is 25.4 Å². The van der Waals surface area contributed by atoms with E-state index in [9.17, 15) is 5.11 Å². The standard InChI is InChI=1S/C9H18O3/c1-11-5-2-3-9(10)8-4-6-12-7-8/h8-10H,2-7H2,1H3. The molecule has 2 unspecified atom stereocenters. The van der Waals surface area contributed by atoms with Crippen molar-refractivity contribution in [2.24, 2.45) is 5.92 Å². The van der Waals surface area contributed by atoms with Crippen LogP contribution in [0.2, 0.25) is 0 Å². The van der Waals surface area contributed by atoms with Crippen molar-refractivity contribution in [1.29, 1.82) is 0 Å². The van der Waals surface area contributed by atoms with Crippen LogP contribution in [0.15, 0.2) is 0 Å². The van der Waals surface area contributed by atoms with Crippen LogP contribution in [0.3, 0.4) is 0 Å². The maximum absolute atomic E-state index is 9.64. The molecule has 12 heavy (non-hydrogen) atoms. The Kier molecular flexibility index (Phi) is 4.58. The van der Waals surface area contributed by atoms with Gasteiger partial charge in [0.1, 0.15) is 0 Å². The third-order valence-corrected chi connectivity index (χ3v) is 2.36. The third kappa shape index (κ3) is 3.09. The molecule has 0 aromatic heterocycles. The van der Waals surface area contributed by atoms with Gasteiger partial charge in [0.15, 0.2) is 0 Å². The molecule has 1 rings (SSSR count). The van der Waals surface area contributed by atoms with Crippen LogP contribution in [0.4, 0.5) is 0 Å². The average Bonchev–Trinajstić information content (AvgIpc) is 2.56. The molecule has 0 amide bonds. The Morgan fingerprint density at radius 1 is 1.67 bits per heavy atom. The van der Waals surface area contributed by atoms with Gasteiger partial charge in [-0.25, -0.2) is 0 Å². The van der Waals surface area contributed by atoms with Crippen LogP contribution in [0.1, 0.15) is 19.3 Å². The molecule has 1 heterocycles. The molecule has 0 aromatic carbocycles. The molecule has 1 N–H and O–H groups in total. The molecule has 0 aliphatic carbocycles. The van der Waals surface area contributed by atoms with E-state index in [1.165, 1.54) is 0 Å². The zero-order valence-corrected chi connectivity index (χ0v) is 7.66. The van der Waals surface area contributed by atoms with E-state index in [0.717, 1.165) is 39.1 Å². The van der Waals surface area contributed by atoms with Gasteiger partial charge in [-0.05, 0) is 19.3 Å². The zero-order chi connectivity index (χ0) is 8.81. The van der Waals surface area contributed by atoms with Crippen LogP contribution in [0.25, 0.3) is 0 Å². The minimum atomic E-state index is -0.192. The van der Waals surface area contributed by atoms with Crippen molar-refractivity contribution in [3.63, 3.8) is 0 Å². The Bertz CT molecular complexity index is 110. The molecular formula is C9H18O3. The van der Waals surface area contributed by atoms with Gasteiger partial charge in [-0.1, -0.05) is 0 Å². The topological polar surface area (TPSA) is 38.7 Å². The van der Waals surface area contributed by atoms with Crippen LogP contribution in [0, 0.1) is 5.92 Å². The third-order valence-electron chi connectivity index (χ3n) is 2.36. The summed E-state index contributed by atoms with van der Waals surface area (Å²) < 4.78 is 10.1. The number of aliphatic hydroxyl groups excluding tert-OH is 1. The molecule has 72 valence electrons. The Morgan fingerprint density at radius 3 is 3.08 bits per heavy atom. The highest BCUT2D eigenvalue weighted by molar-refractivity contribution is 4.72. The SMILES string of the molecule is COCCCC(O)C1CCOC1. The van der Waals surface area contributed by atoms with Gasteiger partial charge in [0.05, 0.1) is 12.7 Å². The maximum Gasteiger partial charge on any atom is 0.0592 e. The highest BCUT2D eigenvalue weighted by Crippen LogP contribution is 2.19. The summed E-state index contributed by atoms with van der Waals surface area (Å²) in [4.78, 5) is 0. The minimum absolute atomic E-state index is 0.192. The molecule has 0 spiro atoms. The molecular weight excluding hydrogens is 156 g/mol. The van der Waals surface area contributed by atoms with Crippen LogP contribution >= 0.6 is 0 Å². The van der Waals surface area contributed by atoms with Gasteiger partial charge in [-0.2, -0.15) is 0 Å². The first-order valence-electron chi connectivity index (χ1n) is 4.59. The number of aliphatic hydroxyl groups is 1. The second-order valence-corrected chi connectivity index (χ2v) is 3.33. The van der Waals surface area contributed by atoms with Gasteiger partial charge < -0.3 is 14.6 Å². The number of methoxy groups -OCH3 is 1. The van der Waals surface area contributed by atoms with E-state index in [0.29, 0.717) is 5.92 Å². The van der Waals surface area contributed by atoms with E-state index in [1.807, 2.05) is 0 Å². The molecule has 0 bridgehead atoms. The van der Waals surface area contributed by atoms with Crippen molar-refractivity contribution >= 4 is 0 Å². The lowest BCUT2D eigenvalue weighted by Gasteiger charge is -2.15. The fraction of sp³-hybridized carbons (Fsp3) is 1.00. The largest absolute Gasteiger partial charge is 0.393 e. The lowest BCUT2D eigenvalue weighted by Crippen LogP contribution is -2.20.